The number of anilines is 1. The van der Waals surface area contributed by atoms with Crippen LogP contribution in [0.25, 0.3) is 6.08 Å². The Morgan fingerprint density at radius 1 is 1.15 bits per heavy atom. The van der Waals surface area contributed by atoms with Crippen LogP contribution in [0, 0.1) is 6.92 Å². The van der Waals surface area contributed by atoms with Crippen molar-refractivity contribution in [3.8, 4) is 0 Å². The Hall–Kier alpha value is -2.15. The molecule has 0 saturated heterocycles. The summed E-state index contributed by atoms with van der Waals surface area (Å²) in [4.78, 5) is 12.0. The first-order chi connectivity index (χ1) is 12.6. The third-order valence-corrected chi connectivity index (χ3v) is 5.71. The normalized spacial score (nSPS) is 11.0. The molecule has 0 saturated carbocycles. The Morgan fingerprint density at radius 2 is 1.88 bits per heavy atom. The lowest BCUT2D eigenvalue weighted by atomic mass is 10.1. The van der Waals surface area contributed by atoms with Crippen LogP contribution < -0.4 is 5.32 Å². The lowest BCUT2D eigenvalue weighted by Gasteiger charge is -1.98. The number of aryl methyl sites for hydroxylation is 1. The van der Waals surface area contributed by atoms with E-state index < -0.39 is 0 Å². The third-order valence-electron chi connectivity index (χ3n) is 3.42. The van der Waals surface area contributed by atoms with Gasteiger partial charge in [-0.05, 0) is 36.3 Å². The third kappa shape index (κ3) is 5.69. The Kier molecular flexibility index (Phi) is 6.44. The number of carbonyl (C=O) groups is 1. The van der Waals surface area contributed by atoms with E-state index in [0.29, 0.717) is 5.13 Å². The Bertz CT molecular complexity index is 905. The number of hydrogen-bond acceptors (Lipinski definition) is 5. The molecule has 0 fully saturated rings. The van der Waals surface area contributed by atoms with E-state index in [2.05, 4.69) is 15.5 Å². The Labute approximate surface area is 165 Å². The van der Waals surface area contributed by atoms with Crippen LogP contribution in [0.2, 0.25) is 5.02 Å². The number of carbonyl (C=O) groups excluding carboxylic acids is 1. The molecule has 1 aromatic heterocycles. The molecule has 26 heavy (non-hydrogen) atoms. The highest BCUT2D eigenvalue weighted by Crippen LogP contribution is 2.28. The predicted molar refractivity (Wildman–Crippen MR) is 110 cm³/mol. The van der Waals surface area contributed by atoms with Crippen LogP contribution in [0.15, 0.2) is 58.9 Å². The summed E-state index contributed by atoms with van der Waals surface area (Å²) < 4.78 is 0.803. The van der Waals surface area contributed by atoms with Crippen molar-refractivity contribution in [3.05, 3.63) is 76.3 Å². The zero-order chi connectivity index (χ0) is 18.4. The van der Waals surface area contributed by atoms with Gasteiger partial charge in [0.2, 0.25) is 11.0 Å². The minimum atomic E-state index is -0.226. The predicted octanol–water partition coefficient (Wildman–Crippen LogP) is 5.44. The molecule has 3 aromatic rings. The van der Waals surface area contributed by atoms with Crippen molar-refractivity contribution in [3.63, 3.8) is 0 Å². The lowest BCUT2D eigenvalue weighted by molar-refractivity contribution is -0.111. The molecule has 0 bridgehead atoms. The molecule has 0 atom stereocenters. The number of nitrogens with one attached hydrogen (secondary N) is 1. The summed E-state index contributed by atoms with van der Waals surface area (Å²) in [7, 11) is 0. The van der Waals surface area contributed by atoms with Crippen molar-refractivity contribution in [1.82, 2.24) is 10.2 Å². The van der Waals surface area contributed by atoms with Gasteiger partial charge in [-0.2, -0.15) is 0 Å². The zero-order valence-electron chi connectivity index (χ0n) is 14.0. The average Bonchev–Trinajstić information content (AvgIpc) is 3.08. The van der Waals surface area contributed by atoms with Crippen molar-refractivity contribution >= 4 is 51.8 Å². The summed E-state index contributed by atoms with van der Waals surface area (Å²) >= 11 is 8.81. The van der Waals surface area contributed by atoms with E-state index in [0.717, 1.165) is 26.2 Å². The summed E-state index contributed by atoms with van der Waals surface area (Å²) in [6.07, 6.45) is 3.26. The minimum absolute atomic E-state index is 0.226. The highest BCUT2D eigenvalue weighted by atomic mass is 35.5. The number of thioether (sulfide) groups is 1. The maximum absolute atomic E-state index is 12.0. The van der Waals surface area contributed by atoms with Gasteiger partial charge in [0, 0.05) is 16.9 Å². The molecule has 3 rings (SSSR count). The molecule has 132 valence electrons. The van der Waals surface area contributed by atoms with Gasteiger partial charge in [-0.25, -0.2) is 0 Å². The fourth-order valence-corrected chi connectivity index (χ4v) is 3.88. The van der Waals surface area contributed by atoms with Crippen molar-refractivity contribution in [2.75, 3.05) is 5.32 Å². The van der Waals surface area contributed by atoms with Crippen LogP contribution in [-0.2, 0) is 10.5 Å². The first-order valence-electron chi connectivity index (χ1n) is 7.85. The van der Waals surface area contributed by atoms with E-state index in [9.17, 15) is 4.79 Å². The standard InChI is InChI=1S/C19H16ClN3OS2/c1-13-2-4-14(5-3-13)8-11-17(24)21-18-22-23-19(26-18)25-12-15-6-9-16(20)10-7-15/h2-11H,12H2,1H3,(H,21,22,24)/b11-8+. The molecule has 0 aliphatic rings. The highest BCUT2D eigenvalue weighted by molar-refractivity contribution is 8.00. The van der Waals surface area contributed by atoms with Crippen LogP contribution in [0.4, 0.5) is 5.13 Å². The van der Waals surface area contributed by atoms with Gasteiger partial charge in [0.15, 0.2) is 4.34 Å². The second-order valence-corrected chi connectivity index (χ2v) is 8.16. The number of benzene rings is 2. The number of nitrogens with zero attached hydrogens (tertiary/aromatic N) is 2. The van der Waals surface area contributed by atoms with Crippen LogP contribution in [0.5, 0.6) is 0 Å². The van der Waals surface area contributed by atoms with Gasteiger partial charge in [0.05, 0.1) is 0 Å². The van der Waals surface area contributed by atoms with E-state index in [1.807, 2.05) is 55.5 Å². The first kappa shape index (κ1) is 18.6. The molecule has 7 heteroatoms. The number of amides is 1. The van der Waals surface area contributed by atoms with Gasteiger partial charge in [-0.3, -0.25) is 10.1 Å². The van der Waals surface area contributed by atoms with Gasteiger partial charge in [-0.15, -0.1) is 10.2 Å². The minimum Gasteiger partial charge on any atom is -0.297 e. The van der Waals surface area contributed by atoms with Gasteiger partial charge in [0.1, 0.15) is 0 Å². The molecule has 1 heterocycles. The summed E-state index contributed by atoms with van der Waals surface area (Å²) in [5, 5.41) is 12.1. The molecule has 1 amide bonds. The maximum atomic E-state index is 12.0. The van der Waals surface area contributed by atoms with E-state index in [4.69, 9.17) is 11.6 Å². The maximum Gasteiger partial charge on any atom is 0.250 e. The number of halogens is 1. The summed E-state index contributed by atoms with van der Waals surface area (Å²) in [5.41, 5.74) is 3.31. The van der Waals surface area contributed by atoms with Gasteiger partial charge >= 0.3 is 0 Å². The second kappa shape index (κ2) is 8.98. The zero-order valence-corrected chi connectivity index (χ0v) is 16.4. The summed E-state index contributed by atoms with van der Waals surface area (Å²) in [6.45, 7) is 2.03. The first-order valence-corrected chi connectivity index (χ1v) is 10.0. The van der Waals surface area contributed by atoms with E-state index in [-0.39, 0.29) is 5.91 Å². The number of aromatic nitrogens is 2. The van der Waals surface area contributed by atoms with E-state index >= 15 is 0 Å². The van der Waals surface area contributed by atoms with Crippen LogP contribution in [0.3, 0.4) is 0 Å². The topological polar surface area (TPSA) is 54.9 Å². The van der Waals surface area contributed by atoms with Crippen molar-refractivity contribution in [2.24, 2.45) is 0 Å². The summed E-state index contributed by atoms with van der Waals surface area (Å²) in [6, 6.07) is 15.6. The van der Waals surface area contributed by atoms with Crippen LogP contribution in [-0.4, -0.2) is 16.1 Å². The molecule has 2 aromatic carbocycles. The van der Waals surface area contributed by atoms with Gasteiger partial charge < -0.3 is 0 Å². The molecule has 0 aliphatic heterocycles. The quantitative estimate of drug-likeness (QED) is 0.339. The molecule has 0 aliphatic carbocycles. The Balaban J connectivity index is 1.51. The van der Waals surface area contributed by atoms with Crippen molar-refractivity contribution in [1.29, 1.82) is 0 Å². The van der Waals surface area contributed by atoms with E-state index in [1.54, 1.807) is 17.8 Å². The SMILES string of the molecule is Cc1ccc(/C=C/C(=O)Nc2nnc(SCc3ccc(Cl)cc3)s2)cc1. The monoisotopic (exact) mass is 401 g/mol. The molecule has 4 nitrogen and oxygen atoms in total. The summed E-state index contributed by atoms with van der Waals surface area (Å²) in [5.74, 6) is 0.545. The molecule has 0 radical (unpaired) electrons. The van der Waals surface area contributed by atoms with Gasteiger partial charge in [0.25, 0.3) is 0 Å². The van der Waals surface area contributed by atoms with Crippen LogP contribution >= 0.6 is 34.7 Å². The lowest BCUT2D eigenvalue weighted by Crippen LogP contribution is -2.07. The number of hydrogen-bond donors (Lipinski definition) is 1. The smallest absolute Gasteiger partial charge is 0.250 e. The van der Waals surface area contributed by atoms with Crippen molar-refractivity contribution < 1.29 is 4.79 Å². The highest BCUT2D eigenvalue weighted by Gasteiger charge is 2.07. The number of rotatable bonds is 6. The van der Waals surface area contributed by atoms with Crippen LogP contribution in [0.1, 0.15) is 16.7 Å². The Morgan fingerprint density at radius 3 is 2.62 bits per heavy atom. The molecular formula is C19H16ClN3OS2. The molecule has 1 N–H and O–H groups in total. The molecule has 0 unspecified atom stereocenters. The largest absolute Gasteiger partial charge is 0.297 e. The molecular weight excluding hydrogens is 386 g/mol. The fraction of sp³-hybridized carbons (Fsp3) is 0.105. The fourth-order valence-electron chi connectivity index (χ4n) is 2.04. The molecule has 0 spiro atoms. The van der Waals surface area contributed by atoms with Crippen molar-refractivity contribution in [2.45, 2.75) is 17.0 Å². The average molecular weight is 402 g/mol. The van der Waals surface area contributed by atoms with Gasteiger partial charge in [-0.1, -0.05) is 76.7 Å². The van der Waals surface area contributed by atoms with E-state index in [1.165, 1.54) is 23.0 Å². The second-order valence-electron chi connectivity index (χ2n) is 5.52.